The Morgan fingerprint density at radius 3 is 2.62 bits per heavy atom. The number of non-ortho nitro benzene ring substituents is 1. The van der Waals surface area contributed by atoms with Crippen molar-refractivity contribution in [2.45, 2.75) is 13.0 Å². The van der Waals surface area contributed by atoms with Crippen LogP contribution in [0.25, 0.3) is 10.6 Å². The fourth-order valence-corrected chi connectivity index (χ4v) is 3.36. The lowest BCUT2D eigenvalue weighted by Gasteiger charge is -2.24. The summed E-state index contributed by atoms with van der Waals surface area (Å²) in [6, 6.07) is 15.7. The number of nitro groups is 1. The minimum Gasteiger partial charge on any atom is -0.334 e. The Kier molecular flexibility index (Phi) is 5.09. The van der Waals surface area contributed by atoms with Gasteiger partial charge in [0.05, 0.1) is 11.0 Å². The van der Waals surface area contributed by atoms with E-state index in [0.717, 1.165) is 10.6 Å². The first-order valence-corrected chi connectivity index (χ1v) is 8.88. The summed E-state index contributed by atoms with van der Waals surface area (Å²) in [7, 11) is 1.67. The molecule has 7 heteroatoms. The highest BCUT2D eigenvalue weighted by atomic mass is 32.1. The highest BCUT2D eigenvalue weighted by Crippen LogP contribution is 2.27. The number of amides is 1. The van der Waals surface area contributed by atoms with Gasteiger partial charge in [-0.25, -0.2) is 4.98 Å². The van der Waals surface area contributed by atoms with Gasteiger partial charge in [0.15, 0.2) is 0 Å². The number of hydrogen-bond acceptors (Lipinski definition) is 5. The highest BCUT2D eigenvalue weighted by molar-refractivity contribution is 7.13. The molecular formula is C19H17N3O3S. The normalized spacial score (nSPS) is 11.8. The summed E-state index contributed by atoms with van der Waals surface area (Å²) < 4.78 is 0. The fraction of sp³-hybridized carbons (Fsp3) is 0.158. The van der Waals surface area contributed by atoms with E-state index in [9.17, 15) is 14.9 Å². The third-order valence-electron chi connectivity index (χ3n) is 4.21. The van der Waals surface area contributed by atoms with Crippen molar-refractivity contribution in [1.82, 2.24) is 9.88 Å². The van der Waals surface area contributed by atoms with Gasteiger partial charge in [0.25, 0.3) is 11.6 Å². The maximum absolute atomic E-state index is 12.8. The molecule has 1 amide bonds. The zero-order valence-electron chi connectivity index (χ0n) is 14.3. The molecule has 3 aromatic rings. The average Bonchev–Trinajstić information content (AvgIpc) is 3.17. The van der Waals surface area contributed by atoms with Crippen molar-refractivity contribution in [3.8, 4) is 10.6 Å². The zero-order chi connectivity index (χ0) is 18.7. The second-order valence-corrected chi connectivity index (χ2v) is 6.71. The van der Waals surface area contributed by atoms with Crippen LogP contribution >= 0.6 is 11.3 Å². The van der Waals surface area contributed by atoms with Crippen LogP contribution in [0.2, 0.25) is 0 Å². The molecule has 0 saturated carbocycles. The summed E-state index contributed by atoms with van der Waals surface area (Å²) >= 11 is 1.41. The van der Waals surface area contributed by atoms with E-state index < -0.39 is 4.92 Å². The molecule has 6 nitrogen and oxygen atoms in total. The third kappa shape index (κ3) is 3.62. The molecule has 0 fully saturated rings. The van der Waals surface area contributed by atoms with E-state index >= 15 is 0 Å². The largest absolute Gasteiger partial charge is 0.334 e. The van der Waals surface area contributed by atoms with E-state index in [-0.39, 0.29) is 17.6 Å². The standard InChI is InChI=1S/C19H17N3O3S/c1-13(15-9-6-10-16(11-15)22(24)25)21(2)19(23)17-12-26-18(20-17)14-7-4-3-5-8-14/h3-13H,1-2H3. The lowest BCUT2D eigenvalue weighted by atomic mass is 10.1. The van der Waals surface area contributed by atoms with Gasteiger partial charge >= 0.3 is 0 Å². The Hall–Kier alpha value is -3.06. The average molecular weight is 367 g/mol. The summed E-state index contributed by atoms with van der Waals surface area (Å²) in [5.41, 5.74) is 2.04. The van der Waals surface area contributed by atoms with Crippen LogP contribution in [0, 0.1) is 10.1 Å². The van der Waals surface area contributed by atoms with Crippen LogP contribution in [0.4, 0.5) is 5.69 Å². The molecule has 0 aliphatic carbocycles. The van der Waals surface area contributed by atoms with Gasteiger partial charge < -0.3 is 4.90 Å². The number of carbonyl (C=O) groups excluding carboxylic acids is 1. The van der Waals surface area contributed by atoms with Crippen molar-refractivity contribution in [2.75, 3.05) is 7.05 Å². The molecular weight excluding hydrogens is 350 g/mol. The summed E-state index contributed by atoms with van der Waals surface area (Å²) in [5.74, 6) is -0.220. The van der Waals surface area contributed by atoms with Crippen molar-refractivity contribution in [3.05, 3.63) is 81.3 Å². The summed E-state index contributed by atoms with van der Waals surface area (Å²) in [5, 5.41) is 13.5. The van der Waals surface area contributed by atoms with Gasteiger partial charge in [0.2, 0.25) is 0 Å². The number of thiazole rings is 1. The quantitative estimate of drug-likeness (QED) is 0.489. The van der Waals surface area contributed by atoms with Crippen molar-refractivity contribution < 1.29 is 9.72 Å². The molecule has 0 N–H and O–H groups in total. The number of nitro benzene ring substituents is 1. The molecule has 0 radical (unpaired) electrons. The van der Waals surface area contributed by atoms with E-state index in [2.05, 4.69) is 4.98 Å². The highest BCUT2D eigenvalue weighted by Gasteiger charge is 2.22. The van der Waals surface area contributed by atoms with E-state index in [1.165, 1.54) is 23.5 Å². The Morgan fingerprint density at radius 1 is 1.19 bits per heavy atom. The number of nitrogens with zero attached hydrogens (tertiary/aromatic N) is 3. The van der Waals surface area contributed by atoms with Gasteiger partial charge in [-0.15, -0.1) is 11.3 Å². The lowest BCUT2D eigenvalue weighted by Crippen LogP contribution is -2.29. The van der Waals surface area contributed by atoms with E-state index in [1.807, 2.05) is 37.3 Å². The maximum atomic E-state index is 12.8. The molecule has 2 aromatic carbocycles. The van der Waals surface area contributed by atoms with E-state index in [0.29, 0.717) is 11.3 Å². The fourth-order valence-electron chi connectivity index (χ4n) is 2.56. The molecule has 0 saturated heterocycles. The monoisotopic (exact) mass is 367 g/mol. The van der Waals surface area contributed by atoms with Gasteiger partial charge in [0, 0.05) is 30.1 Å². The Labute approximate surface area is 154 Å². The van der Waals surface area contributed by atoms with Gasteiger partial charge in [0.1, 0.15) is 10.7 Å². The predicted molar refractivity (Wildman–Crippen MR) is 101 cm³/mol. The van der Waals surface area contributed by atoms with Crippen molar-refractivity contribution in [2.24, 2.45) is 0 Å². The van der Waals surface area contributed by atoms with E-state index in [4.69, 9.17) is 0 Å². The Morgan fingerprint density at radius 2 is 1.92 bits per heavy atom. The molecule has 0 bridgehead atoms. The first-order chi connectivity index (χ1) is 12.5. The third-order valence-corrected chi connectivity index (χ3v) is 5.10. The van der Waals surface area contributed by atoms with Crippen LogP contribution in [0.1, 0.15) is 29.0 Å². The lowest BCUT2D eigenvalue weighted by molar-refractivity contribution is -0.384. The van der Waals surface area contributed by atoms with E-state index in [1.54, 1.807) is 29.5 Å². The van der Waals surface area contributed by atoms with Crippen LogP contribution in [0.15, 0.2) is 60.0 Å². The molecule has 0 spiro atoms. The second-order valence-electron chi connectivity index (χ2n) is 5.85. The first kappa shape index (κ1) is 17.8. The molecule has 1 atom stereocenters. The van der Waals surface area contributed by atoms with Crippen LogP contribution in [-0.2, 0) is 0 Å². The Balaban J connectivity index is 1.80. The van der Waals surface area contributed by atoms with Crippen LogP contribution in [-0.4, -0.2) is 27.8 Å². The molecule has 1 aromatic heterocycles. The summed E-state index contributed by atoms with van der Waals surface area (Å²) in [6.07, 6.45) is 0. The van der Waals surface area contributed by atoms with Crippen LogP contribution < -0.4 is 0 Å². The second kappa shape index (κ2) is 7.45. The van der Waals surface area contributed by atoms with Gasteiger partial charge in [-0.2, -0.15) is 0 Å². The molecule has 1 heterocycles. The molecule has 1 unspecified atom stereocenters. The smallest absolute Gasteiger partial charge is 0.273 e. The predicted octanol–water partition coefficient (Wildman–Crippen LogP) is 4.55. The number of rotatable bonds is 5. The van der Waals surface area contributed by atoms with Crippen LogP contribution in [0.5, 0.6) is 0 Å². The van der Waals surface area contributed by atoms with Crippen molar-refractivity contribution in [1.29, 1.82) is 0 Å². The number of carbonyl (C=O) groups is 1. The SMILES string of the molecule is CC(c1cccc([N+](=O)[O-])c1)N(C)C(=O)c1csc(-c2ccccc2)n1. The minimum absolute atomic E-state index is 0.00946. The number of aromatic nitrogens is 1. The van der Waals surface area contributed by atoms with Crippen LogP contribution in [0.3, 0.4) is 0 Å². The zero-order valence-corrected chi connectivity index (χ0v) is 15.1. The molecule has 132 valence electrons. The topological polar surface area (TPSA) is 76.3 Å². The molecule has 3 rings (SSSR count). The molecule has 0 aliphatic rings. The molecule has 0 aliphatic heterocycles. The maximum Gasteiger partial charge on any atom is 0.273 e. The first-order valence-electron chi connectivity index (χ1n) is 8.00. The summed E-state index contributed by atoms with van der Waals surface area (Å²) in [6.45, 7) is 1.83. The van der Waals surface area contributed by atoms with Gasteiger partial charge in [-0.1, -0.05) is 42.5 Å². The summed E-state index contributed by atoms with van der Waals surface area (Å²) in [4.78, 5) is 29.3. The number of benzene rings is 2. The number of hydrogen-bond donors (Lipinski definition) is 0. The van der Waals surface area contributed by atoms with Crippen molar-refractivity contribution >= 4 is 22.9 Å². The van der Waals surface area contributed by atoms with Crippen molar-refractivity contribution in [3.63, 3.8) is 0 Å². The van der Waals surface area contributed by atoms with Gasteiger partial charge in [-0.3, -0.25) is 14.9 Å². The minimum atomic E-state index is -0.440. The molecule has 26 heavy (non-hydrogen) atoms. The Bertz CT molecular complexity index is 940. The van der Waals surface area contributed by atoms with Gasteiger partial charge in [-0.05, 0) is 12.5 Å².